The standard InChI is InChI=1S/C18H26BNO4/c1-7-16(21)20-11-13-8-9-15(14(10-13)12-22-6)19-23-17(2,3)18(4,5)24-19/h7-10H,1,11-12H2,2-6H3,(H,20,21). The van der Waals surface area contributed by atoms with Crippen molar-refractivity contribution in [1.82, 2.24) is 5.32 Å². The van der Waals surface area contributed by atoms with Crippen molar-refractivity contribution in [2.24, 2.45) is 0 Å². The maximum atomic E-state index is 11.3. The number of hydrogen-bond acceptors (Lipinski definition) is 4. The monoisotopic (exact) mass is 331 g/mol. The van der Waals surface area contributed by atoms with E-state index >= 15 is 0 Å². The number of benzene rings is 1. The molecular formula is C18H26BNO4. The van der Waals surface area contributed by atoms with Gasteiger partial charge in [-0.3, -0.25) is 4.79 Å². The molecule has 1 aromatic carbocycles. The van der Waals surface area contributed by atoms with Crippen molar-refractivity contribution in [2.75, 3.05) is 7.11 Å². The van der Waals surface area contributed by atoms with Crippen LogP contribution in [-0.4, -0.2) is 31.3 Å². The summed E-state index contributed by atoms with van der Waals surface area (Å²) in [6.07, 6.45) is 1.26. The van der Waals surface area contributed by atoms with Crippen LogP contribution in [0.25, 0.3) is 0 Å². The molecule has 0 saturated carbocycles. The summed E-state index contributed by atoms with van der Waals surface area (Å²) in [6.45, 7) is 12.5. The van der Waals surface area contributed by atoms with E-state index in [2.05, 4.69) is 11.9 Å². The Morgan fingerprint density at radius 2 is 1.92 bits per heavy atom. The van der Waals surface area contributed by atoms with E-state index in [0.29, 0.717) is 13.2 Å². The minimum absolute atomic E-state index is 0.196. The van der Waals surface area contributed by atoms with Crippen molar-refractivity contribution >= 4 is 18.5 Å². The highest BCUT2D eigenvalue weighted by atomic mass is 16.7. The molecule has 1 fully saturated rings. The molecule has 130 valence electrons. The molecule has 5 nitrogen and oxygen atoms in total. The molecule has 0 radical (unpaired) electrons. The zero-order chi connectivity index (χ0) is 18.0. The number of hydrogen-bond donors (Lipinski definition) is 1. The van der Waals surface area contributed by atoms with Crippen molar-refractivity contribution in [3.8, 4) is 0 Å². The molecule has 2 rings (SSSR count). The van der Waals surface area contributed by atoms with Gasteiger partial charge in [0.2, 0.25) is 5.91 Å². The second-order valence-electron chi connectivity index (χ2n) is 6.98. The molecule has 0 bridgehead atoms. The highest BCUT2D eigenvalue weighted by molar-refractivity contribution is 6.62. The van der Waals surface area contributed by atoms with Crippen molar-refractivity contribution in [2.45, 2.75) is 52.0 Å². The molecule has 6 heteroatoms. The largest absolute Gasteiger partial charge is 0.495 e. The number of ether oxygens (including phenoxy) is 1. The highest BCUT2D eigenvalue weighted by Gasteiger charge is 2.52. The van der Waals surface area contributed by atoms with Gasteiger partial charge >= 0.3 is 7.12 Å². The predicted octanol–water partition coefficient (Wildman–Crippen LogP) is 1.93. The summed E-state index contributed by atoms with van der Waals surface area (Å²) in [4.78, 5) is 11.3. The second-order valence-corrected chi connectivity index (χ2v) is 6.98. The van der Waals surface area contributed by atoms with Crippen LogP contribution in [0.3, 0.4) is 0 Å². The molecule has 1 aliphatic rings. The van der Waals surface area contributed by atoms with E-state index in [9.17, 15) is 4.79 Å². The van der Waals surface area contributed by atoms with Crippen LogP contribution < -0.4 is 10.8 Å². The Balaban J connectivity index is 2.24. The van der Waals surface area contributed by atoms with Crippen LogP contribution in [0.15, 0.2) is 30.9 Å². The summed E-state index contributed by atoms with van der Waals surface area (Å²) in [5, 5.41) is 2.77. The Labute approximate surface area is 144 Å². The molecule has 1 N–H and O–H groups in total. The zero-order valence-electron chi connectivity index (χ0n) is 15.1. The average Bonchev–Trinajstić information content (AvgIpc) is 2.73. The molecule has 0 spiro atoms. The summed E-state index contributed by atoms with van der Waals surface area (Å²) in [7, 11) is 1.22. The number of carbonyl (C=O) groups is 1. The molecular weight excluding hydrogens is 305 g/mol. The summed E-state index contributed by atoms with van der Waals surface area (Å²) >= 11 is 0. The third kappa shape index (κ3) is 3.88. The fraction of sp³-hybridized carbons (Fsp3) is 0.500. The Kier molecular flexibility index (Phi) is 5.53. The van der Waals surface area contributed by atoms with E-state index < -0.39 is 18.3 Å². The molecule has 24 heavy (non-hydrogen) atoms. The van der Waals surface area contributed by atoms with Gasteiger partial charge in [0, 0.05) is 13.7 Å². The maximum absolute atomic E-state index is 11.3. The van der Waals surface area contributed by atoms with E-state index in [4.69, 9.17) is 14.0 Å². The van der Waals surface area contributed by atoms with Crippen LogP contribution in [0.4, 0.5) is 0 Å². The van der Waals surface area contributed by atoms with Crippen molar-refractivity contribution in [3.05, 3.63) is 42.0 Å². The summed E-state index contributed by atoms with van der Waals surface area (Å²) in [5.74, 6) is -0.196. The SMILES string of the molecule is C=CC(=O)NCc1ccc(B2OC(C)(C)C(C)(C)O2)c(COC)c1. The molecule has 1 amide bonds. The molecule has 1 aliphatic heterocycles. The molecule has 1 saturated heterocycles. The molecule has 0 aliphatic carbocycles. The molecule has 1 heterocycles. The molecule has 1 aromatic rings. The van der Waals surface area contributed by atoms with E-state index in [-0.39, 0.29) is 5.91 Å². The molecule has 0 atom stereocenters. The van der Waals surface area contributed by atoms with Crippen LogP contribution in [0.5, 0.6) is 0 Å². The van der Waals surface area contributed by atoms with Crippen LogP contribution in [0, 0.1) is 0 Å². The lowest BCUT2D eigenvalue weighted by Crippen LogP contribution is -2.41. The van der Waals surface area contributed by atoms with Crippen LogP contribution in [0.1, 0.15) is 38.8 Å². The summed E-state index contributed by atoms with van der Waals surface area (Å²) in [5.41, 5.74) is 2.14. The van der Waals surface area contributed by atoms with Gasteiger partial charge in [-0.15, -0.1) is 0 Å². The quantitative estimate of drug-likeness (QED) is 0.639. The first-order valence-corrected chi connectivity index (χ1v) is 8.06. The smallest absolute Gasteiger partial charge is 0.399 e. The number of methoxy groups -OCH3 is 1. The predicted molar refractivity (Wildman–Crippen MR) is 94.9 cm³/mol. The number of amides is 1. The first-order chi connectivity index (χ1) is 11.2. The second kappa shape index (κ2) is 7.09. The van der Waals surface area contributed by atoms with Gasteiger partial charge in [0.1, 0.15) is 0 Å². The zero-order valence-corrected chi connectivity index (χ0v) is 15.1. The molecule has 0 unspecified atom stereocenters. The van der Waals surface area contributed by atoms with Gasteiger partial charge in [-0.05, 0) is 50.4 Å². The van der Waals surface area contributed by atoms with E-state index in [0.717, 1.165) is 16.6 Å². The number of carbonyl (C=O) groups excluding carboxylic acids is 1. The minimum Gasteiger partial charge on any atom is -0.399 e. The van der Waals surface area contributed by atoms with Gasteiger partial charge in [-0.1, -0.05) is 24.8 Å². The Morgan fingerprint density at radius 3 is 2.46 bits per heavy atom. The van der Waals surface area contributed by atoms with Crippen molar-refractivity contribution < 1.29 is 18.8 Å². The van der Waals surface area contributed by atoms with Crippen LogP contribution in [-0.2, 0) is 32.0 Å². The van der Waals surface area contributed by atoms with E-state index in [1.807, 2.05) is 45.9 Å². The lowest BCUT2D eigenvalue weighted by atomic mass is 9.75. The van der Waals surface area contributed by atoms with E-state index in [1.54, 1.807) is 7.11 Å². The minimum atomic E-state index is -0.433. The van der Waals surface area contributed by atoms with Crippen molar-refractivity contribution in [3.63, 3.8) is 0 Å². The van der Waals surface area contributed by atoms with Crippen LogP contribution >= 0.6 is 0 Å². The van der Waals surface area contributed by atoms with Gasteiger partial charge in [0.25, 0.3) is 0 Å². The fourth-order valence-corrected chi connectivity index (χ4v) is 2.51. The van der Waals surface area contributed by atoms with Gasteiger partial charge in [0.15, 0.2) is 0 Å². The first kappa shape index (κ1) is 18.7. The van der Waals surface area contributed by atoms with Gasteiger partial charge in [0.05, 0.1) is 17.8 Å². The highest BCUT2D eigenvalue weighted by Crippen LogP contribution is 2.36. The average molecular weight is 331 g/mol. The summed E-state index contributed by atoms with van der Waals surface area (Å²) < 4.78 is 17.6. The molecule has 0 aromatic heterocycles. The van der Waals surface area contributed by atoms with Gasteiger partial charge in [-0.2, -0.15) is 0 Å². The van der Waals surface area contributed by atoms with Crippen molar-refractivity contribution in [1.29, 1.82) is 0 Å². The van der Waals surface area contributed by atoms with Crippen LogP contribution in [0.2, 0.25) is 0 Å². The Bertz CT molecular complexity index is 611. The third-order valence-electron chi connectivity index (χ3n) is 4.67. The van der Waals surface area contributed by atoms with Gasteiger partial charge in [-0.25, -0.2) is 0 Å². The normalized spacial score (nSPS) is 18.5. The van der Waals surface area contributed by atoms with Gasteiger partial charge < -0.3 is 19.4 Å². The lowest BCUT2D eigenvalue weighted by Gasteiger charge is -2.32. The number of nitrogens with one attached hydrogen (secondary N) is 1. The maximum Gasteiger partial charge on any atom is 0.495 e. The Hall–Kier alpha value is -1.63. The summed E-state index contributed by atoms with van der Waals surface area (Å²) in [6, 6.07) is 5.95. The first-order valence-electron chi connectivity index (χ1n) is 8.06. The number of rotatable bonds is 6. The van der Waals surface area contributed by atoms with E-state index in [1.165, 1.54) is 6.08 Å². The topological polar surface area (TPSA) is 56.8 Å². The third-order valence-corrected chi connectivity index (χ3v) is 4.67. The fourth-order valence-electron chi connectivity index (χ4n) is 2.51. The Morgan fingerprint density at radius 1 is 1.29 bits per heavy atom. The lowest BCUT2D eigenvalue weighted by molar-refractivity contribution is -0.116.